The number of carbonyl (C=O) groups excluding carboxylic acids is 2. The fourth-order valence-corrected chi connectivity index (χ4v) is 3.10. The van der Waals surface area contributed by atoms with Gasteiger partial charge in [0, 0.05) is 0 Å². The lowest BCUT2D eigenvalue weighted by molar-refractivity contribution is -0.122. The van der Waals surface area contributed by atoms with Gasteiger partial charge in [0.1, 0.15) is 5.82 Å². The van der Waals surface area contributed by atoms with Crippen molar-refractivity contribution in [3.05, 3.63) is 41.2 Å². The molecular formula is C16H16FNO2. The molecule has 3 rings (SSSR count). The number of nitrogens with zero attached hydrogens (tertiary/aromatic N) is 1. The summed E-state index contributed by atoms with van der Waals surface area (Å²) in [7, 11) is 0. The van der Waals surface area contributed by atoms with E-state index in [2.05, 4.69) is 0 Å². The number of hydrogen-bond donors (Lipinski definition) is 0. The number of carbonyl (C=O) groups is 2. The zero-order valence-electron chi connectivity index (χ0n) is 11.5. The van der Waals surface area contributed by atoms with E-state index in [0.29, 0.717) is 18.5 Å². The SMILES string of the molecule is CC1=C(C)CC2C(=O)N(c3ccc(F)cc3)C(=O)C2C1. The van der Waals surface area contributed by atoms with Gasteiger partial charge < -0.3 is 0 Å². The molecule has 1 aliphatic heterocycles. The number of hydrogen-bond acceptors (Lipinski definition) is 2. The molecule has 0 N–H and O–H groups in total. The van der Waals surface area contributed by atoms with Crippen molar-refractivity contribution < 1.29 is 14.0 Å². The van der Waals surface area contributed by atoms with Crippen LogP contribution in [0.4, 0.5) is 10.1 Å². The molecular weight excluding hydrogens is 257 g/mol. The number of halogens is 1. The number of rotatable bonds is 1. The van der Waals surface area contributed by atoms with Crippen LogP contribution in [0.3, 0.4) is 0 Å². The van der Waals surface area contributed by atoms with Gasteiger partial charge in [-0.1, -0.05) is 11.1 Å². The Balaban J connectivity index is 1.95. The van der Waals surface area contributed by atoms with Gasteiger partial charge in [0.05, 0.1) is 17.5 Å². The van der Waals surface area contributed by atoms with E-state index in [-0.39, 0.29) is 29.5 Å². The average Bonchev–Trinajstić information content (AvgIpc) is 2.65. The summed E-state index contributed by atoms with van der Waals surface area (Å²) in [6.45, 7) is 4.04. The third-order valence-corrected chi connectivity index (χ3v) is 4.43. The first kappa shape index (κ1) is 13.0. The van der Waals surface area contributed by atoms with Crippen molar-refractivity contribution in [1.29, 1.82) is 0 Å². The molecule has 1 aromatic rings. The molecule has 0 saturated carbocycles. The highest BCUT2D eigenvalue weighted by Crippen LogP contribution is 2.42. The Morgan fingerprint density at radius 1 is 0.950 bits per heavy atom. The van der Waals surface area contributed by atoms with Crippen molar-refractivity contribution in [3.8, 4) is 0 Å². The minimum Gasteiger partial charge on any atom is -0.274 e. The van der Waals surface area contributed by atoms with Gasteiger partial charge in [-0.2, -0.15) is 0 Å². The van der Waals surface area contributed by atoms with E-state index >= 15 is 0 Å². The Hall–Kier alpha value is -1.97. The van der Waals surface area contributed by atoms with Crippen LogP contribution in [0.2, 0.25) is 0 Å². The average molecular weight is 273 g/mol. The van der Waals surface area contributed by atoms with Crippen LogP contribution in [0.1, 0.15) is 26.7 Å². The molecule has 3 nitrogen and oxygen atoms in total. The van der Waals surface area contributed by atoms with Crippen molar-refractivity contribution in [3.63, 3.8) is 0 Å². The van der Waals surface area contributed by atoms with Crippen molar-refractivity contribution in [1.82, 2.24) is 0 Å². The van der Waals surface area contributed by atoms with E-state index in [1.54, 1.807) is 0 Å². The number of allylic oxidation sites excluding steroid dienone is 2. The monoisotopic (exact) mass is 273 g/mol. The molecule has 1 heterocycles. The van der Waals surface area contributed by atoms with Crippen LogP contribution in [0, 0.1) is 17.7 Å². The summed E-state index contributed by atoms with van der Waals surface area (Å²) < 4.78 is 13.0. The van der Waals surface area contributed by atoms with E-state index in [1.165, 1.54) is 40.3 Å². The maximum absolute atomic E-state index is 13.0. The smallest absolute Gasteiger partial charge is 0.238 e. The molecule has 2 aliphatic rings. The van der Waals surface area contributed by atoms with Gasteiger partial charge in [-0.15, -0.1) is 0 Å². The van der Waals surface area contributed by atoms with Gasteiger partial charge in [-0.05, 0) is 51.0 Å². The zero-order chi connectivity index (χ0) is 14.4. The van der Waals surface area contributed by atoms with Crippen LogP contribution in [0.25, 0.3) is 0 Å². The standard InChI is InChI=1S/C16H16FNO2/c1-9-7-13-14(8-10(9)2)16(20)18(15(13)19)12-5-3-11(17)4-6-12/h3-6,13-14H,7-8H2,1-2H3. The number of anilines is 1. The van der Waals surface area contributed by atoms with Crippen LogP contribution >= 0.6 is 0 Å². The van der Waals surface area contributed by atoms with Crippen LogP contribution in [0.5, 0.6) is 0 Å². The van der Waals surface area contributed by atoms with Crippen molar-refractivity contribution in [2.75, 3.05) is 4.90 Å². The van der Waals surface area contributed by atoms with Gasteiger partial charge in [-0.3, -0.25) is 14.5 Å². The lowest BCUT2D eigenvalue weighted by Gasteiger charge is -2.23. The maximum Gasteiger partial charge on any atom is 0.238 e. The number of benzene rings is 1. The molecule has 0 aromatic heterocycles. The Kier molecular flexibility index (Phi) is 2.96. The quantitative estimate of drug-likeness (QED) is 0.582. The Bertz CT molecular complexity index is 586. The lowest BCUT2D eigenvalue weighted by Crippen LogP contribution is -2.30. The molecule has 0 bridgehead atoms. The predicted molar refractivity (Wildman–Crippen MR) is 73.5 cm³/mol. The van der Waals surface area contributed by atoms with E-state index < -0.39 is 0 Å². The van der Waals surface area contributed by atoms with Crippen LogP contribution in [0.15, 0.2) is 35.4 Å². The molecule has 1 saturated heterocycles. The molecule has 0 spiro atoms. The Morgan fingerprint density at radius 2 is 1.40 bits per heavy atom. The highest BCUT2D eigenvalue weighted by Gasteiger charge is 2.49. The molecule has 1 fully saturated rings. The lowest BCUT2D eigenvalue weighted by atomic mass is 9.78. The Morgan fingerprint density at radius 3 is 1.85 bits per heavy atom. The molecule has 20 heavy (non-hydrogen) atoms. The minimum atomic E-state index is -0.376. The summed E-state index contributed by atoms with van der Waals surface area (Å²) in [5, 5.41) is 0. The largest absolute Gasteiger partial charge is 0.274 e. The summed E-state index contributed by atoms with van der Waals surface area (Å²) in [5.74, 6) is -1.19. The molecule has 104 valence electrons. The molecule has 1 aromatic carbocycles. The topological polar surface area (TPSA) is 37.4 Å². The third kappa shape index (κ3) is 1.87. The predicted octanol–water partition coefficient (Wildman–Crippen LogP) is 3.06. The molecule has 4 heteroatoms. The number of fused-ring (bicyclic) bond motifs is 1. The van der Waals surface area contributed by atoms with Crippen molar-refractivity contribution >= 4 is 17.5 Å². The highest BCUT2D eigenvalue weighted by molar-refractivity contribution is 6.22. The normalized spacial score (nSPS) is 26.2. The van der Waals surface area contributed by atoms with Crippen molar-refractivity contribution in [2.24, 2.45) is 11.8 Å². The second-order valence-corrected chi connectivity index (χ2v) is 5.67. The molecule has 1 aliphatic carbocycles. The summed E-state index contributed by atoms with van der Waals surface area (Å²) in [5.41, 5.74) is 2.87. The van der Waals surface area contributed by atoms with Gasteiger partial charge >= 0.3 is 0 Å². The van der Waals surface area contributed by atoms with Gasteiger partial charge in [-0.25, -0.2) is 4.39 Å². The minimum absolute atomic E-state index is 0.154. The maximum atomic E-state index is 13.0. The molecule has 2 amide bonds. The first-order valence-corrected chi connectivity index (χ1v) is 6.77. The van der Waals surface area contributed by atoms with Crippen LogP contribution < -0.4 is 4.90 Å². The van der Waals surface area contributed by atoms with Gasteiger partial charge in [0.15, 0.2) is 0 Å². The fourth-order valence-electron chi connectivity index (χ4n) is 3.10. The van der Waals surface area contributed by atoms with Crippen molar-refractivity contribution in [2.45, 2.75) is 26.7 Å². The van der Waals surface area contributed by atoms with E-state index in [1.807, 2.05) is 13.8 Å². The summed E-state index contributed by atoms with van der Waals surface area (Å²) in [6, 6.07) is 5.50. The van der Waals surface area contributed by atoms with E-state index in [9.17, 15) is 14.0 Å². The summed E-state index contributed by atoms with van der Waals surface area (Å²) >= 11 is 0. The first-order valence-electron chi connectivity index (χ1n) is 6.77. The third-order valence-electron chi connectivity index (χ3n) is 4.43. The Labute approximate surface area is 117 Å². The fraction of sp³-hybridized carbons (Fsp3) is 0.375. The van der Waals surface area contributed by atoms with Gasteiger partial charge in [0.2, 0.25) is 11.8 Å². The number of imide groups is 1. The zero-order valence-corrected chi connectivity index (χ0v) is 11.5. The second kappa shape index (κ2) is 4.54. The second-order valence-electron chi connectivity index (χ2n) is 5.67. The molecule has 2 atom stereocenters. The summed E-state index contributed by atoms with van der Waals surface area (Å²) in [4.78, 5) is 26.2. The van der Waals surface area contributed by atoms with Gasteiger partial charge in [0.25, 0.3) is 0 Å². The van der Waals surface area contributed by atoms with E-state index in [4.69, 9.17) is 0 Å². The molecule has 0 radical (unpaired) electrons. The molecule has 2 unspecified atom stereocenters. The number of amides is 2. The van der Waals surface area contributed by atoms with E-state index in [0.717, 1.165) is 0 Å². The highest BCUT2D eigenvalue weighted by atomic mass is 19.1. The summed E-state index contributed by atoms with van der Waals surface area (Å²) in [6.07, 6.45) is 1.30. The van der Waals surface area contributed by atoms with Crippen LogP contribution in [-0.2, 0) is 9.59 Å². The van der Waals surface area contributed by atoms with Crippen LogP contribution in [-0.4, -0.2) is 11.8 Å². The first-order chi connectivity index (χ1) is 9.49.